The highest BCUT2D eigenvalue weighted by atomic mass is 32.2. The molecule has 1 saturated heterocycles. The van der Waals surface area contributed by atoms with Gasteiger partial charge in [-0.2, -0.15) is 4.31 Å². The number of para-hydroxylation sites is 1. The molecule has 3 aromatic carbocycles. The Kier molecular flexibility index (Phi) is 7.42. The summed E-state index contributed by atoms with van der Waals surface area (Å²) < 4.78 is 46.7. The number of hydrogen-bond acceptors (Lipinski definition) is 5. The van der Waals surface area contributed by atoms with Gasteiger partial charge in [0.25, 0.3) is 11.8 Å². The Hall–Kier alpha value is -3.76. The minimum atomic E-state index is -4.02. The van der Waals surface area contributed by atoms with Gasteiger partial charge in [-0.1, -0.05) is 24.3 Å². The van der Waals surface area contributed by atoms with E-state index in [0.29, 0.717) is 43.1 Å². The largest absolute Gasteiger partial charge is 0.484 e. The monoisotopic (exact) mass is 497 g/mol. The second kappa shape index (κ2) is 10.7. The van der Waals surface area contributed by atoms with Gasteiger partial charge in [0.1, 0.15) is 16.5 Å². The molecule has 8 nitrogen and oxygen atoms in total. The summed E-state index contributed by atoms with van der Waals surface area (Å²) >= 11 is 0. The van der Waals surface area contributed by atoms with E-state index < -0.39 is 26.6 Å². The molecule has 4 rings (SSSR count). The van der Waals surface area contributed by atoms with Gasteiger partial charge >= 0.3 is 0 Å². The lowest BCUT2D eigenvalue weighted by atomic mass is 10.2. The Morgan fingerprint density at radius 2 is 1.60 bits per heavy atom. The molecule has 35 heavy (non-hydrogen) atoms. The molecule has 3 aromatic rings. The highest BCUT2D eigenvalue weighted by Crippen LogP contribution is 2.25. The fourth-order valence-corrected chi connectivity index (χ4v) is 5.25. The summed E-state index contributed by atoms with van der Waals surface area (Å²) in [5.74, 6) is -1.51. The van der Waals surface area contributed by atoms with Crippen molar-refractivity contribution in [3.05, 3.63) is 84.2 Å². The number of ether oxygens (including phenoxy) is 1. The lowest BCUT2D eigenvalue weighted by Crippen LogP contribution is -2.29. The molecule has 2 amide bonds. The fourth-order valence-electron chi connectivity index (χ4n) is 3.64. The zero-order valence-electron chi connectivity index (χ0n) is 18.7. The van der Waals surface area contributed by atoms with Crippen molar-refractivity contribution in [3.8, 4) is 5.75 Å². The molecule has 0 aromatic heterocycles. The van der Waals surface area contributed by atoms with E-state index >= 15 is 0 Å². The zero-order valence-corrected chi connectivity index (χ0v) is 19.6. The number of halogens is 1. The number of sulfonamides is 1. The molecule has 0 aliphatic carbocycles. The van der Waals surface area contributed by atoms with Gasteiger partial charge in [0.2, 0.25) is 10.0 Å². The van der Waals surface area contributed by atoms with Crippen molar-refractivity contribution in [1.82, 2.24) is 4.31 Å². The standard InChI is InChI=1S/C25H24FN3O5S/c26-22-12-11-18(15-23(22)35(32,33)29-13-4-5-14-29)25(31)28-20-9-6-10-21(16-20)34-17-24(30)27-19-7-2-1-3-8-19/h1-3,6-12,15-16H,4-5,13-14,17H2,(H,27,30)(H,28,31). The van der Waals surface area contributed by atoms with Crippen LogP contribution in [-0.2, 0) is 14.8 Å². The van der Waals surface area contributed by atoms with Crippen LogP contribution in [-0.4, -0.2) is 44.2 Å². The molecule has 0 radical (unpaired) electrons. The van der Waals surface area contributed by atoms with Gasteiger partial charge in [0, 0.05) is 36.1 Å². The van der Waals surface area contributed by atoms with Crippen molar-refractivity contribution < 1.29 is 27.1 Å². The molecule has 10 heteroatoms. The Labute approximate surface area is 202 Å². The lowest BCUT2D eigenvalue weighted by Gasteiger charge is -2.16. The van der Waals surface area contributed by atoms with Crippen molar-refractivity contribution in [2.45, 2.75) is 17.7 Å². The maximum atomic E-state index is 14.4. The van der Waals surface area contributed by atoms with E-state index in [9.17, 15) is 22.4 Å². The average molecular weight is 498 g/mol. The van der Waals surface area contributed by atoms with Crippen LogP contribution < -0.4 is 15.4 Å². The van der Waals surface area contributed by atoms with Crippen molar-refractivity contribution in [2.24, 2.45) is 0 Å². The van der Waals surface area contributed by atoms with Crippen molar-refractivity contribution in [1.29, 1.82) is 0 Å². The summed E-state index contributed by atoms with van der Waals surface area (Å²) in [5, 5.41) is 5.35. The highest BCUT2D eigenvalue weighted by Gasteiger charge is 2.30. The summed E-state index contributed by atoms with van der Waals surface area (Å²) in [6.07, 6.45) is 1.43. The number of nitrogens with one attached hydrogen (secondary N) is 2. The van der Waals surface area contributed by atoms with Gasteiger partial charge in [-0.05, 0) is 55.3 Å². The van der Waals surface area contributed by atoms with Gasteiger partial charge in [-0.3, -0.25) is 9.59 Å². The Morgan fingerprint density at radius 1 is 0.886 bits per heavy atom. The molecular formula is C25H24FN3O5S. The van der Waals surface area contributed by atoms with Crippen LogP contribution in [0.5, 0.6) is 5.75 Å². The number of amides is 2. The fraction of sp³-hybridized carbons (Fsp3) is 0.200. The van der Waals surface area contributed by atoms with Crippen molar-refractivity contribution in [3.63, 3.8) is 0 Å². The topological polar surface area (TPSA) is 105 Å². The van der Waals surface area contributed by atoms with E-state index in [1.807, 2.05) is 6.07 Å². The Balaban J connectivity index is 1.41. The van der Waals surface area contributed by atoms with E-state index in [2.05, 4.69) is 10.6 Å². The molecule has 1 heterocycles. The molecule has 1 fully saturated rings. The summed E-state index contributed by atoms with van der Waals surface area (Å²) in [6.45, 7) is 0.421. The lowest BCUT2D eigenvalue weighted by molar-refractivity contribution is -0.118. The van der Waals surface area contributed by atoms with Gasteiger partial charge in [-0.15, -0.1) is 0 Å². The predicted molar refractivity (Wildman–Crippen MR) is 129 cm³/mol. The SMILES string of the molecule is O=C(COc1cccc(NC(=O)c2ccc(F)c(S(=O)(=O)N3CCCC3)c2)c1)Nc1ccccc1. The summed E-state index contributed by atoms with van der Waals surface area (Å²) in [7, 11) is -4.02. The van der Waals surface area contributed by atoms with E-state index in [1.54, 1.807) is 42.5 Å². The smallest absolute Gasteiger partial charge is 0.262 e. The van der Waals surface area contributed by atoms with E-state index in [1.165, 1.54) is 16.4 Å². The first-order valence-corrected chi connectivity index (χ1v) is 12.5. The quantitative estimate of drug-likeness (QED) is 0.492. The molecule has 1 aliphatic rings. The first-order valence-electron chi connectivity index (χ1n) is 11.0. The minimum Gasteiger partial charge on any atom is -0.484 e. The summed E-state index contributed by atoms with van der Waals surface area (Å²) in [4.78, 5) is 24.3. The van der Waals surface area contributed by atoms with Crippen LogP contribution in [0.2, 0.25) is 0 Å². The molecule has 0 saturated carbocycles. The van der Waals surface area contributed by atoms with Gasteiger partial charge < -0.3 is 15.4 Å². The van der Waals surface area contributed by atoms with Crippen LogP contribution in [0.3, 0.4) is 0 Å². The molecule has 182 valence electrons. The molecular weight excluding hydrogens is 473 g/mol. The third kappa shape index (κ3) is 6.03. The van der Waals surface area contributed by atoms with Crippen LogP contribution in [0, 0.1) is 5.82 Å². The average Bonchev–Trinajstić information content (AvgIpc) is 3.40. The molecule has 0 atom stereocenters. The molecule has 0 spiro atoms. The zero-order chi connectivity index (χ0) is 24.8. The number of hydrogen-bond donors (Lipinski definition) is 2. The van der Waals surface area contributed by atoms with Gasteiger partial charge in [0.15, 0.2) is 6.61 Å². The second-order valence-electron chi connectivity index (χ2n) is 7.94. The molecule has 0 bridgehead atoms. The molecule has 1 aliphatic heterocycles. The second-order valence-corrected chi connectivity index (χ2v) is 9.85. The summed E-state index contributed by atoms with van der Waals surface area (Å²) in [5.41, 5.74) is 1.01. The number of rotatable bonds is 8. The number of carbonyl (C=O) groups is 2. The first-order chi connectivity index (χ1) is 16.8. The number of nitrogens with zero attached hydrogens (tertiary/aromatic N) is 1. The minimum absolute atomic E-state index is 0.00210. The third-order valence-electron chi connectivity index (χ3n) is 5.40. The van der Waals surface area contributed by atoms with Crippen LogP contribution in [0.15, 0.2) is 77.7 Å². The molecule has 2 N–H and O–H groups in total. The number of benzene rings is 3. The van der Waals surface area contributed by atoms with Crippen LogP contribution in [0.4, 0.5) is 15.8 Å². The van der Waals surface area contributed by atoms with E-state index in [4.69, 9.17) is 4.74 Å². The van der Waals surface area contributed by atoms with Gasteiger partial charge in [0.05, 0.1) is 0 Å². The molecule has 0 unspecified atom stereocenters. The van der Waals surface area contributed by atoms with Crippen LogP contribution in [0.25, 0.3) is 0 Å². The third-order valence-corrected chi connectivity index (χ3v) is 7.31. The number of carbonyl (C=O) groups excluding carboxylic acids is 2. The van der Waals surface area contributed by atoms with Crippen LogP contribution >= 0.6 is 0 Å². The predicted octanol–water partition coefficient (Wildman–Crippen LogP) is 3.88. The van der Waals surface area contributed by atoms with E-state index in [0.717, 1.165) is 12.1 Å². The Bertz CT molecular complexity index is 1330. The van der Waals surface area contributed by atoms with Crippen molar-refractivity contribution in [2.75, 3.05) is 30.3 Å². The van der Waals surface area contributed by atoms with Gasteiger partial charge in [-0.25, -0.2) is 12.8 Å². The maximum Gasteiger partial charge on any atom is 0.262 e. The normalized spacial score (nSPS) is 13.9. The summed E-state index contributed by atoms with van der Waals surface area (Å²) in [6, 6.07) is 18.6. The highest BCUT2D eigenvalue weighted by molar-refractivity contribution is 7.89. The van der Waals surface area contributed by atoms with Crippen molar-refractivity contribution >= 4 is 33.2 Å². The van der Waals surface area contributed by atoms with E-state index in [-0.39, 0.29) is 18.1 Å². The Morgan fingerprint density at radius 3 is 2.34 bits per heavy atom. The first kappa shape index (κ1) is 24.4. The number of anilines is 2. The maximum absolute atomic E-state index is 14.4. The van der Waals surface area contributed by atoms with Crippen LogP contribution in [0.1, 0.15) is 23.2 Å².